The molecule has 0 unspecified atom stereocenters. The molecule has 1 aromatic carbocycles. The fourth-order valence-corrected chi connectivity index (χ4v) is 1.79. The normalized spacial score (nSPS) is 13.7. The summed E-state index contributed by atoms with van der Waals surface area (Å²) in [6, 6.07) is 5.34. The molecule has 1 heterocycles. The second-order valence-electron chi connectivity index (χ2n) is 4.81. The fourth-order valence-electron chi connectivity index (χ4n) is 1.79. The Hall–Kier alpha value is -1.55. The Labute approximate surface area is 107 Å². The predicted molar refractivity (Wildman–Crippen MR) is 69.5 cm³/mol. The van der Waals surface area contributed by atoms with Gasteiger partial charge in [0.1, 0.15) is 13.2 Å². The highest BCUT2D eigenvalue weighted by Crippen LogP contribution is 2.30. The second-order valence-corrected chi connectivity index (χ2v) is 4.81. The number of carbonyl (C=O) groups is 1. The Kier molecular flexibility index (Phi) is 4.20. The molecule has 2 rings (SSSR count). The lowest BCUT2D eigenvalue weighted by Gasteiger charge is -2.18. The van der Waals surface area contributed by atoms with Crippen molar-refractivity contribution in [3.8, 4) is 11.5 Å². The molecule has 4 heteroatoms. The zero-order valence-corrected chi connectivity index (χ0v) is 10.9. The monoisotopic (exact) mass is 249 g/mol. The summed E-state index contributed by atoms with van der Waals surface area (Å²) in [7, 11) is 0. The highest BCUT2D eigenvalue weighted by molar-refractivity contribution is 5.98. The third kappa shape index (κ3) is 3.23. The highest BCUT2D eigenvalue weighted by atomic mass is 16.6. The molecular formula is C14H19NO3. The summed E-state index contributed by atoms with van der Waals surface area (Å²) >= 11 is 0. The number of Topliss-reactive ketones (excluding diaryl/α,β-unsaturated/α-hetero) is 1. The average Bonchev–Trinajstić information content (AvgIpc) is 2.37. The van der Waals surface area contributed by atoms with Crippen LogP contribution in [-0.2, 0) is 0 Å². The van der Waals surface area contributed by atoms with Crippen LogP contribution in [0.3, 0.4) is 0 Å². The van der Waals surface area contributed by atoms with E-state index >= 15 is 0 Å². The second kappa shape index (κ2) is 5.87. The van der Waals surface area contributed by atoms with Gasteiger partial charge < -0.3 is 14.8 Å². The van der Waals surface area contributed by atoms with Crippen LogP contribution in [0.15, 0.2) is 18.2 Å². The first-order valence-corrected chi connectivity index (χ1v) is 6.30. The number of benzene rings is 1. The molecule has 1 aliphatic rings. The zero-order chi connectivity index (χ0) is 13.0. The van der Waals surface area contributed by atoms with E-state index in [9.17, 15) is 4.79 Å². The van der Waals surface area contributed by atoms with Crippen LogP contribution in [0, 0.1) is 5.92 Å². The third-order valence-corrected chi connectivity index (χ3v) is 2.70. The summed E-state index contributed by atoms with van der Waals surface area (Å²) in [5.41, 5.74) is 0.663. The van der Waals surface area contributed by atoms with E-state index in [2.05, 4.69) is 19.2 Å². The number of ether oxygens (including phenoxy) is 2. The zero-order valence-electron chi connectivity index (χ0n) is 10.9. The van der Waals surface area contributed by atoms with Gasteiger partial charge >= 0.3 is 0 Å². The molecule has 0 aromatic heterocycles. The quantitative estimate of drug-likeness (QED) is 0.809. The van der Waals surface area contributed by atoms with Gasteiger partial charge in [-0.25, -0.2) is 0 Å². The van der Waals surface area contributed by atoms with Crippen LogP contribution in [0.4, 0.5) is 0 Å². The molecule has 0 amide bonds. The molecule has 98 valence electrons. The summed E-state index contributed by atoms with van der Waals surface area (Å²) in [5.74, 6) is 1.99. The van der Waals surface area contributed by atoms with Gasteiger partial charge in [-0.3, -0.25) is 4.79 Å². The first kappa shape index (κ1) is 12.9. The molecule has 0 bridgehead atoms. The van der Waals surface area contributed by atoms with Gasteiger partial charge in [0.15, 0.2) is 17.3 Å². The summed E-state index contributed by atoms with van der Waals surface area (Å²) in [6.45, 7) is 6.53. The van der Waals surface area contributed by atoms with Crippen LogP contribution in [0.25, 0.3) is 0 Å². The maximum Gasteiger partial charge on any atom is 0.176 e. The van der Waals surface area contributed by atoms with E-state index in [-0.39, 0.29) is 5.78 Å². The molecule has 4 nitrogen and oxygen atoms in total. The molecule has 0 fully saturated rings. The number of carbonyl (C=O) groups excluding carboxylic acids is 1. The van der Waals surface area contributed by atoms with Crippen molar-refractivity contribution in [3.63, 3.8) is 0 Å². The Balaban J connectivity index is 1.98. The largest absolute Gasteiger partial charge is 0.486 e. The van der Waals surface area contributed by atoms with Crippen molar-refractivity contribution in [1.29, 1.82) is 0 Å². The van der Waals surface area contributed by atoms with Crippen molar-refractivity contribution in [2.24, 2.45) is 5.92 Å². The molecule has 0 saturated heterocycles. The van der Waals surface area contributed by atoms with Crippen LogP contribution >= 0.6 is 0 Å². The topological polar surface area (TPSA) is 47.6 Å². The molecule has 0 atom stereocenters. The predicted octanol–water partition coefficient (Wildman–Crippen LogP) is 1.89. The van der Waals surface area contributed by atoms with Gasteiger partial charge in [0, 0.05) is 5.56 Å². The molecule has 0 spiro atoms. The summed E-state index contributed by atoms with van der Waals surface area (Å²) in [5, 5.41) is 3.14. The van der Waals surface area contributed by atoms with Gasteiger partial charge in [0.05, 0.1) is 6.54 Å². The van der Waals surface area contributed by atoms with Gasteiger partial charge in [0.25, 0.3) is 0 Å². The maximum absolute atomic E-state index is 12.0. The Bertz CT molecular complexity index is 429. The highest BCUT2D eigenvalue weighted by Gasteiger charge is 2.14. The van der Waals surface area contributed by atoms with E-state index in [1.807, 2.05) is 0 Å². The van der Waals surface area contributed by atoms with E-state index in [0.717, 1.165) is 6.54 Å². The van der Waals surface area contributed by atoms with E-state index in [1.165, 1.54) is 0 Å². The van der Waals surface area contributed by atoms with Gasteiger partial charge in [-0.2, -0.15) is 0 Å². The van der Waals surface area contributed by atoms with Crippen molar-refractivity contribution in [2.45, 2.75) is 13.8 Å². The van der Waals surface area contributed by atoms with Gasteiger partial charge in [-0.15, -0.1) is 0 Å². The molecule has 0 aliphatic carbocycles. The number of fused-ring (bicyclic) bond motifs is 1. The minimum Gasteiger partial charge on any atom is -0.486 e. The van der Waals surface area contributed by atoms with Crippen LogP contribution < -0.4 is 14.8 Å². The molecule has 1 aliphatic heterocycles. The molecule has 0 radical (unpaired) electrons. The van der Waals surface area contributed by atoms with Crippen LogP contribution in [0.5, 0.6) is 11.5 Å². The van der Waals surface area contributed by atoms with Crippen LogP contribution in [0.2, 0.25) is 0 Å². The number of hydrogen-bond donors (Lipinski definition) is 1. The van der Waals surface area contributed by atoms with Crippen LogP contribution in [0.1, 0.15) is 24.2 Å². The van der Waals surface area contributed by atoms with Gasteiger partial charge in [-0.05, 0) is 30.7 Å². The first-order valence-electron chi connectivity index (χ1n) is 6.30. The summed E-state index contributed by atoms with van der Waals surface area (Å²) in [6.07, 6.45) is 0. The number of hydrogen-bond acceptors (Lipinski definition) is 4. The smallest absolute Gasteiger partial charge is 0.176 e. The lowest BCUT2D eigenvalue weighted by atomic mass is 10.1. The molecule has 1 aromatic rings. The van der Waals surface area contributed by atoms with E-state index < -0.39 is 0 Å². The van der Waals surface area contributed by atoms with E-state index in [1.54, 1.807) is 18.2 Å². The Morgan fingerprint density at radius 3 is 2.72 bits per heavy atom. The van der Waals surface area contributed by atoms with Crippen molar-refractivity contribution in [3.05, 3.63) is 23.8 Å². The summed E-state index contributed by atoms with van der Waals surface area (Å²) < 4.78 is 10.9. The number of rotatable bonds is 5. The molecule has 1 N–H and O–H groups in total. The van der Waals surface area contributed by atoms with E-state index in [4.69, 9.17) is 9.47 Å². The van der Waals surface area contributed by atoms with E-state index in [0.29, 0.717) is 42.7 Å². The lowest BCUT2D eigenvalue weighted by Crippen LogP contribution is -2.26. The number of ketones is 1. The number of nitrogens with one attached hydrogen (secondary N) is 1. The maximum atomic E-state index is 12.0. The van der Waals surface area contributed by atoms with Crippen molar-refractivity contribution < 1.29 is 14.3 Å². The standard InChI is InChI=1S/C14H19NO3/c1-10(2)8-15-9-12(16)11-3-4-13-14(7-11)18-6-5-17-13/h3-4,7,10,15H,5-6,8-9H2,1-2H3. The minimum atomic E-state index is 0.0765. The van der Waals surface area contributed by atoms with Crippen molar-refractivity contribution in [2.75, 3.05) is 26.3 Å². The molecular weight excluding hydrogens is 230 g/mol. The molecule has 18 heavy (non-hydrogen) atoms. The van der Waals surface area contributed by atoms with Crippen LogP contribution in [-0.4, -0.2) is 32.1 Å². The SMILES string of the molecule is CC(C)CNCC(=O)c1ccc2c(c1)OCCO2. The average molecular weight is 249 g/mol. The Morgan fingerprint density at radius 2 is 2.00 bits per heavy atom. The fraction of sp³-hybridized carbons (Fsp3) is 0.500. The van der Waals surface area contributed by atoms with Crippen molar-refractivity contribution in [1.82, 2.24) is 5.32 Å². The summed E-state index contributed by atoms with van der Waals surface area (Å²) in [4.78, 5) is 12.0. The first-order chi connectivity index (χ1) is 8.66. The third-order valence-electron chi connectivity index (χ3n) is 2.70. The van der Waals surface area contributed by atoms with Gasteiger partial charge in [0.2, 0.25) is 0 Å². The lowest BCUT2D eigenvalue weighted by molar-refractivity contribution is 0.0989. The Morgan fingerprint density at radius 1 is 1.28 bits per heavy atom. The van der Waals surface area contributed by atoms with Crippen molar-refractivity contribution >= 4 is 5.78 Å². The minimum absolute atomic E-state index is 0.0765. The van der Waals surface area contributed by atoms with Gasteiger partial charge in [-0.1, -0.05) is 13.8 Å². The molecule has 0 saturated carbocycles.